The molecule has 1 unspecified atom stereocenters. The van der Waals surface area contributed by atoms with Crippen LogP contribution in [0, 0.1) is 0 Å². The van der Waals surface area contributed by atoms with Crippen molar-refractivity contribution in [2.24, 2.45) is 0 Å². The number of amides is 1. The first-order chi connectivity index (χ1) is 7.16. The highest BCUT2D eigenvalue weighted by Crippen LogP contribution is 2.15. The first-order valence-electron chi connectivity index (χ1n) is 4.76. The topological polar surface area (TPSA) is 46.2 Å². The van der Waals surface area contributed by atoms with Crippen LogP contribution >= 0.6 is 11.6 Å². The lowest BCUT2D eigenvalue weighted by molar-refractivity contribution is -0.126. The van der Waals surface area contributed by atoms with Gasteiger partial charge in [-0.1, -0.05) is 11.6 Å². The second-order valence-corrected chi connectivity index (χ2v) is 3.97. The van der Waals surface area contributed by atoms with Gasteiger partial charge in [0, 0.05) is 17.0 Å². The summed E-state index contributed by atoms with van der Waals surface area (Å²) in [4.78, 5) is 22.6. The highest BCUT2D eigenvalue weighted by molar-refractivity contribution is 6.30. The van der Waals surface area contributed by atoms with Crippen LogP contribution in [0.4, 0.5) is 0 Å². The summed E-state index contributed by atoms with van der Waals surface area (Å²) in [7, 11) is 0. The van der Waals surface area contributed by atoms with Gasteiger partial charge in [0.05, 0.1) is 6.04 Å². The van der Waals surface area contributed by atoms with Gasteiger partial charge >= 0.3 is 0 Å². The normalized spacial score (nSPS) is 19.5. The highest BCUT2D eigenvalue weighted by Gasteiger charge is 2.29. The zero-order valence-electron chi connectivity index (χ0n) is 8.00. The molecule has 0 radical (unpaired) electrons. The fraction of sp³-hybridized carbons (Fsp3) is 0.273. The summed E-state index contributed by atoms with van der Waals surface area (Å²) in [6, 6.07) is 6.30. The monoisotopic (exact) mass is 223 g/mol. The predicted octanol–water partition coefficient (Wildman–Crippen LogP) is 1.80. The zero-order chi connectivity index (χ0) is 10.8. The molecule has 1 atom stereocenters. The molecule has 0 heterocycles. The Morgan fingerprint density at radius 1 is 1.33 bits per heavy atom. The Labute approximate surface area is 92.4 Å². The molecule has 3 nitrogen and oxygen atoms in total. The minimum absolute atomic E-state index is 0.109. The molecule has 0 bridgehead atoms. The van der Waals surface area contributed by atoms with E-state index >= 15 is 0 Å². The molecular formula is C11H10ClNO2. The number of benzene rings is 1. The van der Waals surface area contributed by atoms with E-state index < -0.39 is 0 Å². The largest absolute Gasteiger partial charge is 0.342 e. The van der Waals surface area contributed by atoms with Gasteiger partial charge in [0.1, 0.15) is 0 Å². The van der Waals surface area contributed by atoms with Crippen LogP contribution in [0.2, 0.25) is 5.02 Å². The van der Waals surface area contributed by atoms with Crippen molar-refractivity contribution >= 4 is 23.3 Å². The number of hydrogen-bond acceptors (Lipinski definition) is 2. The van der Waals surface area contributed by atoms with Crippen LogP contribution in [0.3, 0.4) is 0 Å². The Morgan fingerprint density at radius 2 is 2.00 bits per heavy atom. The summed E-state index contributed by atoms with van der Waals surface area (Å²) in [5.74, 6) is -0.109. The molecule has 1 aliphatic rings. The van der Waals surface area contributed by atoms with Crippen LogP contribution in [0.25, 0.3) is 0 Å². The molecule has 1 N–H and O–H groups in total. The first kappa shape index (κ1) is 10.2. The lowest BCUT2D eigenvalue weighted by Crippen LogP contribution is -2.47. The van der Waals surface area contributed by atoms with Crippen molar-refractivity contribution in [1.29, 1.82) is 0 Å². The molecular weight excluding hydrogens is 214 g/mol. The number of nitrogens with one attached hydrogen (secondary N) is 1. The number of Topliss-reactive ketones (excluding diaryl/α,β-unsaturated/α-hetero) is 1. The van der Waals surface area contributed by atoms with Gasteiger partial charge in [-0.15, -0.1) is 0 Å². The van der Waals surface area contributed by atoms with Gasteiger partial charge in [0.2, 0.25) is 0 Å². The van der Waals surface area contributed by atoms with Gasteiger partial charge in [-0.25, -0.2) is 0 Å². The molecule has 1 amide bonds. The lowest BCUT2D eigenvalue weighted by atomic mass is 9.91. The average molecular weight is 224 g/mol. The van der Waals surface area contributed by atoms with Crippen molar-refractivity contribution in [2.45, 2.75) is 18.9 Å². The van der Waals surface area contributed by atoms with E-state index in [-0.39, 0.29) is 17.7 Å². The van der Waals surface area contributed by atoms with Gasteiger partial charge in [-0.3, -0.25) is 9.59 Å². The number of hydrogen-bond donors (Lipinski definition) is 1. The van der Waals surface area contributed by atoms with Crippen molar-refractivity contribution < 1.29 is 9.59 Å². The minimum atomic E-state index is -0.284. The van der Waals surface area contributed by atoms with Crippen molar-refractivity contribution in [1.82, 2.24) is 5.32 Å². The maximum atomic E-state index is 11.6. The minimum Gasteiger partial charge on any atom is -0.342 e. The van der Waals surface area contributed by atoms with Crippen molar-refractivity contribution in [3.8, 4) is 0 Å². The number of rotatable bonds is 2. The van der Waals surface area contributed by atoms with E-state index in [1.807, 2.05) is 0 Å². The van der Waals surface area contributed by atoms with Crippen LogP contribution in [0.5, 0.6) is 0 Å². The van der Waals surface area contributed by atoms with E-state index in [1.54, 1.807) is 24.3 Å². The Bertz CT molecular complexity index is 400. The maximum absolute atomic E-state index is 11.6. The van der Waals surface area contributed by atoms with Gasteiger partial charge < -0.3 is 5.32 Å². The smallest absolute Gasteiger partial charge is 0.251 e. The van der Waals surface area contributed by atoms with Gasteiger partial charge in [0.15, 0.2) is 5.78 Å². The summed E-state index contributed by atoms with van der Waals surface area (Å²) in [5.41, 5.74) is 0.527. The fourth-order valence-electron chi connectivity index (χ4n) is 1.40. The Kier molecular flexibility index (Phi) is 2.73. The molecule has 0 aliphatic heterocycles. The van der Waals surface area contributed by atoms with E-state index in [0.29, 0.717) is 17.0 Å². The van der Waals surface area contributed by atoms with Crippen molar-refractivity contribution in [2.75, 3.05) is 0 Å². The second kappa shape index (κ2) is 4.03. The van der Waals surface area contributed by atoms with E-state index in [1.165, 1.54) is 0 Å². The molecule has 1 saturated carbocycles. The standard InChI is InChI=1S/C11H10ClNO2/c12-8-3-1-7(2-4-8)11(15)13-9-5-6-10(9)14/h1-4,9H,5-6H2,(H,13,15). The van der Waals surface area contributed by atoms with Crippen LogP contribution in [-0.4, -0.2) is 17.7 Å². The molecule has 1 aromatic carbocycles. The SMILES string of the molecule is O=C(NC1CCC1=O)c1ccc(Cl)cc1. The summed E-state index contributed by atoms with van der Waals surface area (Å²) >= 11 is 5.70. The molecule has 1 fully saturated rings. The second-order valence-electron chi connectivity index (χ2n) is 3.54. The molecule has 15 heavy (non-hydrogen) atoms. The van der Waals surface area contributed by atoms with E-state index in [2.05, 4.69) is 5.32 Å². The van der Waals surface area contributed by atoms with Crippen molar-refractivity contribution in [3.63, 3.8) is 0 Å². The molecule has 1 aliphatic carbocycles. The third-order valence-electron chi connectivity index (χ3n) is 2.48. The molecule has 0 aromatic heterocycles. The van der Waals surface area contributed by atoms with Crippen LogP contribution in [-0.2, 0) is 4.79 Å². The third kappa shape index (κ3) is 2.18. The fourth-order valence-corrected chi connectivity index (χ4v) is 1.53. The number of carbonyl (C=O) groups excluding carboxylic acids is 2. The molecule has 78 valence electrons. The van der Waals surface area contributed by atoms with Crippen LogP contribution in [0.15, 0.2) is 24.3 Å². The van der Waals surface area contributed by atoms with Gasteiger partial charge in [0.25, 0.3) is 5.91 Å². The Morgan fingerprint density at radius 3 is 2.47 bits per heavy atom. The Balaban J connectivity index is 2.01. The van der Waals surface area contributed by atoms with Crippen LogP contribution in [0.1, 0.15) is 23.2 Å². The third-order valence-corrected chi connectivity index (χ3v) is 2.73. The predicted molar refractivity (Wildman–Crippen MR) is 56.9 cm³/mol. The molecule has 0 saturated heterocycles. The first-order valence-corrected chi connectivity index (χ1v) is 5.14. The van der Waals surface area contributed by atoms with Gasteiger partial charge in [-0.05, 0) is 30.7 Å². The number of halogens is 1. The van der Waals surface area contributed by atoms with E-state index in [4.69, 9.17) is 11.6 Å². The number of ketones is 1. The molecule has 0 spiro atoms. The summed E-state index contributed by atoms with van der Waals surface area (Å²) in [6.07, 6.45) is 1.32. The van der Waals surface area contributed by atoms with E-state index in [0.717, 1.165) is 6.42 Å². The summed E-state index contributed by atoms with van der Waals surface area (Å²) < 4.78 is 0. The molecule has 1 aromatic rings. The van der Waals surface area contributed by atoms with Gasteiger partial charge in [-0.2, -0.15) is 0 Å². The molecule has 2 rings (SSSR count). The Hall–Kier alpha value is -1.35. The molecule has 4 heteroatoms. The summed E-state index contributed by atoms with van der Waals surface area (Å²) in [5, 5.41) is 3.26. The van der Waals surface area contributed by atoms with Crippen molar-refractivity contribution in [3.05, 3.63) is 34.9 Å². The van der Waals surface area contributed by atoms with Crippen LogP contribution < -0.4 is 5.32 Å². The average Bonchev–Trinajstić information content (AvgIpc) is 2.24. The number of carbonyl (C=O) groups is 2. The highest BCUT2D eigenvalue weighted by atomic mass is 35.5. The summed E-state index contributed by atoms with van der Waals surface area (Å²) in [6.45, 7) is 0. The van der Waals surface area contributed by atoms with E-state index in [9.17, 15) is 9.59 Å². The zero-order valence-corrected chi connectivity index (χ0v) is 8.75. The lowest BCUT2D eigenvalue weighted by Gasteiger charge is -2.24. The quantitative estimate of drug-likeness (QED) is 0.831. The maximum Gasteiger partial charge on any atom is 0.251 e.